The molecule has 0 saturated heterocycles. The van der Waals surface area contributed by atoms with Gasteiger partial charge in [0.15, 0.2) is 11.6 Å². The predicted octanol–water partition coefficient (Wildman–Crippen LogP) is 4.01. The number of nitrogens with two attached hydrogens (primary N) is 1. The maximum absolute atomic E-state index is 13.0. The van der Waals surface area contributed by atoms with Gasteiger partial charge in [-0.3, -0.25) is 14.4 Å². The van der Waals surface area contributed by atoms with E-state index in [-0.39, 0.29) is 23.4 Å². The Morgan fingerprint density at radius 3 is 2.12 bits per heavy atom. The molecule has 2 rings (SSSR count). The molecule has 4 nitrogen and oxygen atoms in total. The van der Waals surface area contributed by atoms with E-state index >= 15 is 0 Å². The molecule has 1 aliphatic carbocycles. The van der Waals surface area contributed by atoms with Gasteiger partial charge in [-0.2, -0.15) is 0 Å². The average Bonchev–Trinajstić information content (AvgIpc) is 2.63. The van der Waals surface area contributed by atoms with E-state index in [1.54, 1.807) is 20.8 Å². The summed E-state index contributed by atoms with van der Waals surface area (Å²) < 4.78 is 0. The van der Waals surface area contributed by atoms with Gasteiger partial charge in [-0.25, -0.2) is 0 Å². The Bertz CT molecular complexity index is 772. The van der Waals surface area contributed by atoms with Crippen LogP contribution in [0.1, 0.15) is 64.4 Å². The molecule has 1 unspecified atom stereocenters. The Balaban J connectivity index is 2.28. The zero-order chi connectivity index (χ0) is 19.3. The first kappa shape index (κ1) is 19.8. The van der Waals surface area contributed by atoms with E-state index in [2.05, 4.69) is 0 Å². The highest BCUT2D eigenvalue weighted by Gasteiger charge is 2.33. The quantitative estimate of drug-likeness (QED) is 0.566. The summed E-state index contributed by atoms with van der Waals surface area (Å²) in [5, 5.41) is 0. The maximum Gasteiger partial charge on any atom is 0.217 e. The van der Waals surface area contributed by atoms with Crippen molar-refractivity contribution in [1.29, 1.82) is 0 Å². The van der Waals surface area contributed by atoms with Crippen LogP contribution in [-0.4, -0.2) is 17.5 Å². The van der Waals surface area contributed by atoms with Crippen LogP contribution in [0.2, 0.25) is 0 Å². The molecule has 0 radical (unpaired) electrons. The van der Waals surface area contributed by atoms with E-state index in [1.807, 2.05) is 30.3 Å². The van der Waals surface area contributed by atoms with Crippen molar-refractivity contribution in [2.45, 2.75) is 58.8 Å². The average molecular weight is 353 g/mol. The Morgan fingerprint density at radius 2 is 1.50 bits per heavy atom. The smallest absolute Gasteiger partial charge is 0.217 e. The Hall–Kier alpha value is -2.49. The van der Waals surface area contributed by atoms with Crippen LogP contribution in [0, 0.1) is 0 Å². The van der Waals surface area contributed by atoms with Crippen molar-refractivity contribution in [2.75, 3.05) is 0 Å². The van der Waals surface area contributed by atoms with Crippen molar-refractivity contribution < 1.29 is 14.4 Å². The largest absolute Gasteiger partial charge is 0.370 e. The summed E-state index contributed by atoms with van der Waals surface area (Å²) in [5.41, 5.74) is 8.51. The van der Waals surface area contributed by atoms with Crippen LogP contribution in [0.5, 0.6) is 0 Å². The minimum atomic E-state index is -0.285. The number of carbonyl (C=O) groups excluding carboxylic acids is 3. The molecule has 138 valence electrons. The lowest BCUT2D eigenvalue weighted by atomic mass is 9.76. The van der Waals surface area contributed by atoms with Crippen LogP contribution in [0.25, 0.3) is 0 Å². The number of benzene rings is 1. The molecule has 4 heteroatoms. The van der Waals surface area contributed by atoms with Gasteiger partial charge in [0.05, 0.1) is 0 Å². The fourth-order valence-corrected chi connectivity index (χ4v) is 3.52. The van der Waals surface area contributed by atoms with Gasteiger partial charge in [-0.1, -0.05) is 43.2 Å². The van der Waals surface area contributed by atoms with Gasteiger partial charge in [-0.15, -0.1) is 0 Å². The summed E-state index contributed by atoms with van der Waals surface area (Å²) in [6, 6.07) is 9.86. The van der Waals surface area contributed by atoms with Gasteiger partial charge in [0, 0.05) is 34.6 Å². The van der Waals surface area contributed by atoms with E-state index in [0.717, 1.165) is 31.2 Å². The fourth-order valence-electron chi connectivity index (χ4n) is 3.52. The molecule has 1 aliphatic rings. The highest BCUT2D eigenvalue weighted by atomic mass is 16.1. The van der Waals surface area contributed by atoms with Crippen LogP contribution in [0.3, 0.4) is 0 Å². The molecule has 2 N–H and O–H groups in total. The van der Waals surface area contributed by atoms with Gasteiger partial charge < -0.3 is 5.73 Å². The first-order valence-electron chi connectivity index (χ1n) is 9.15. The van der Waals surface area contributed by atoms with Gasteiger partial charge in [-0.05, 0) is 39.2 Å². The summed E-state index contributed by atoms with van der Waals surface area (Å²) >= 11 is 0. The molecule has 0 aliphatic heterocycles. The van der Waals surface area contributed by atoms with E-state index in [9.17, 15) is 14.4 Å². The molecule has 0 fully saturated rings. The highest BCUT2D eigenvalue weighted by Crippen LogP contribution is 2.37. The summed E-state index contributed by atoms with van der Waals surface area (Å²) in [6.45, 7) is 5.21. The highest BCUT2D eigenvalue weighted by molar-refractivity contribution is 6.25. The molecule has 0 aromatic heterocycles. The van der Waals surface area contributed by atoms with E-state index in [4.69, 9.17) is 5.73 Å². The lowest BCUT2D eigenvalue weighted by molar-refractivity contribution is -0.118. The molecular weight excluding hydrogens is 326 g/mol. The molecule has 1 amide bonds. The van der Waals surface area contributed by atoms with Gasteiger partial charge >= 0.3 is 0 Å². The lowest BCUT2D eigenvalue weighted by Gasteiger charge is -2.26. The Morgan fingerprint density at radius 1 is 0.885 bits per heavy atom. The van der Waals surface area contributed by atoms with E-state index in [1.165, 1.54) is 0 Å². The normalized spacial score (nSPS) is 16.3. The first-order valence-corrected chi connectivity index (χ1v) is 9.15. The number of amides is 1. The van der Waals surface area contributed by atoms with Crippen LogP contribution in [0.4, 0.5) is 0 Å². The van der Waals surface area contributed by atoms with E-state index < -0.39 is 0 Å². The molecular formula is C22H27NO3. The molecule has 0 saturated carbocycles. The van der Waals surface area contributed by atoms with Crippen molar-refractivity contribution in [3.8, 4) is 0 Å². The second kappa shape index (κ2) is 8.75. The second-order valence-electron chi connectivity index (χ2n) is 6.98. The number of Topliss-reactive ketones (excluding diaryl/α,β-unsaturated/α-hetero) is 2. The minimum absolute atomic E-state index is 0.0226. The SMILES string of the molecule is CC1=C(C)C(=O)C(C(CCCCCC(N)=O)c2ccccc2)=C(C)C1=O. The van der Waals surface area contributed by atoms with Crippen molar-refractivity contribution in [1.82, 2.24) is 0 Å². The number of allylic oxidation sites excluding steroid dienone is 4. The molecule has 0 heterocycles. The third-order valence-corrected chi connectivity index (χ3v) is 5.20. The summed E-state index contributed by atoms with van der Waals surface area (Å²) in [4.78, 5) is 36.4. The molecule has 1 aromatic rings. The standard InChI is InChI=1S/C22H27NO3/c1-14-15(2)22(26)20(16(3)21(14)25)18(17-10-6-4-7-11-17)12-8-5-9-13-19(23)24/h4,6-7,10-11,18H,5,8-9,12-13H2,1-3H3,(H2,23,24). The Kier molecular flexibility index (Phi) is 6.67. The maximum atomic E-state index is 13.0. The number of unbranched alkanes of at least 4 members (excludes halogenated alkanes) is 2. The molecule has 0 bridgehead atoms. The fraction of sp³-hybridized carbons (Fsp3) is 0.409. The van der Waals surface area contributed by atoms with Crippen LogP contribution in [-0.2, 0) is 14.4 Å². The molecule has 26 heavy (non-hydrogen) atoms. The van der Waals surface area contributed by atoms with Crippen LogP contribution < -0.4 is 5.73 Å². The monoisotopic (exact) mass is 353 g/mol. The van der Waals surface area contributed by atoms with Gasteiger partial charge in [0.2, 0.25) is 5.91 Å². The summed E-state index contributed by atoms with van der Waals surface area (Å²) in [5.74, 6) is -0.450. The number of primary amides is 1. The van der Waals surface area contributed by atoms with Crippen LogP contribution >= 0.6 is 0 Å². The van der Waals surface area contributed by atoms with Crippen molar-refractivity contribution in [2.24, 2.45) is 5.73 Å². The lowest BCUT2D eigenvalue weighted by Crippen LogP contribution is -2.24. The van der Waals surface area contributed by atoms with Crippen molar-refractivity contribution in [3.05, 3.63) is 58.2 Å². The number of hydrogen-bond donors (Lipinski definition) is 1. The van der Waals surface area contributed by atoms with E-state index in [0.29, 0.717) is 28.7 Å². The molecule has 0 spiro atoms. The summed E-state index contributed by atoms with van der Waals surface area (Å²) in [6.07, 6.45) is 3.64. The second-order valence-corrected chi connectivity index (χ2v) is 6.98. The zero-order valence-corrected chi connectivity index (χ0v) is 15.8. The third kappa shape index (κ3) is 4.37. The topological polar surface area (TPSA) is 77.2 Å². The number of carbonyl (C=O) groups is 3. The van der Waals surface area contributed by atoms with Crippen molar-refractivity contribution in [3.63, 3.8) is 0 Å². The Labute approximate surface area is 155 Å². The number of rotatable bonds is 8. The molecule has 1 atom stereocenters. The van der Waals surface area contributed by atoms with Gasteiger partial charge in [0.25, 0.3) is 0 Å². The van der Waals surface area contributed by atoms with Gasteiger partial charge in [0.1, 0.15) is 0 Å². The van der Waals surface area contributed by atoms with Crippen molar-refractivity contribution >= 4 is 17.5 Å². The number of ketones is 2. The third-order valence-electron chi connectivity index (χ3n) is 5.20. The minimum Gasteiger partial charge on any atom is -0.370 e. The molecule has 1 aromatic carbocycles. The predicted molar refractivity (Wildman–Crippen MR) is 103 cm³/mol. The summed E-state index contributed by atoms with van der Waals surface area (Å²) in [7, 11) is 0. The zero-order valence-electron chi connectivity index (χ0n) is 15.8. The number of hydrogen-bond acceptors (Lipinski definition) is 3. The van der Waals surface area contributed by atoms with Crippen LogP contribution in [0.15, 0.2) is 52.6 Å². The first-order chi connectivity index (χ1) is 12.3.